The molecule has 1 heterocycles. The van der Waals surface area contributed by atoms with Gasteiger partial charge in [0, 0.05) is 12.0 Å². The molecule has 1 spiro atoms. The number of allylic oxidation sites excluding steroid dienone is 1. The van der Waals surface area contributed by atoms with E-state index >= 15 is 0 Å². The summed E-state index contributed by atoms with van der Waals surface area (Å²) in [6.45, 7) is 1.83. The highest BCUT2D eigenvalue weighted by Crippen LogP contribution is 2.34. The molecule has 2 aliphatic rings. The number of hydrogen-bond acceptors (Lipinski definition) is 6. The summed E-state index contributed by atoms with van der Waals surface area (Å²) in [7, 11) is -3.96. The number of sulfonamides is 1. The molecule has 164 valence electrons. The van der Waals surface area contributed by atoms with Crippen LogP contribution in [-0.2, 0) is 24.3 Å². The van der Waals surface area contributed by atoms with Crippen molar-refractivity contribution in [3.63, 3.8) is 0 Å². The van der Waals surface area contributed by atoms with Crippen LogP contribution < -0.4 is 10.0 Å². The van der Waals surface area contributed by atoms with E-state index in [2.05, 4.69) is 10.0 Å². The molecule has 2 atom stereocenters. The Balaban J connectivity index is 1.53. The van der Waals surface area contributed by atoms with Gasteiger partial charge in [-0.05, 0) is 49.4 Å². The Labute approximate surface area is 185 Å². The van der Waals surface area contributed by atoms with Gasteiger partial charge in [-0.2, -0.15) is 4.72 Å². The van der Waals surface area contributed by atoms with Gasteiger partial charge in [-0.25, -0.2) is 8.42 Å². The van der Waals surface area contributed by atoms with E-state index in [9.17, 15) is 22.8 Å². The monoisotopic (exact) mass is 452 g/mol. The number of benzene rings is 2. The first kappa shape index (κ1) is 21.7. The van der Waals surface area contributed by atoms with Crippen molar-refractivity contribution >= 4 is 27.7 Å². The molecule has 2 aromatic rings. The molecular weight excluding hydrogens is 432 g/mol. The lowest BCUT2D eigenvalue weighted by Gasteiger charge is -2.24. The number of carbonyl (C=O) groups excluding carboxylic acids is 3. The number of ketones is 1. The Morgan fingerprint density at radius 2 is 1.75 bits per heavy atom. The summed E-state index contributed by atoms with van der Waals surface area (Å²) >= 11 is 0. The van der Waals surface area contributed by atoms with Gasteiger partial charge in [-0.15, -0.1) is 0 Å². The Bertz CT molecular complexity index is 1250. The van der Waals surface area contributed by atoms with Gasteiger partial charge in [0.2, 0.25) is 15.8 Å². The van der Waals surface area contributed by atoms with E-state index in [-0.39, 0.29) is 17.0 Å². The smallest absolute Gasteiger partial charge is 0.325 e. The SMILES string of the molecule is Cc1ccc(S(=O)(=O)N[C@@H]2CC3(C=CC(=O)C(NC(=O)c4ccccc4)=C3)OC2=O)cc1. The predicted molar refractivity (Wildman–Crippen MR) is 115 cm³/mol. The first-order valence-electron chi connectivity index (χ1n) is 9.82. The summed E-state index contributed by atoms with van der Waals surface area (Å²) in [5, 5.41) is 2.54. The number of rotatable bonds is 5. The molecule has 0 bridgehead atoms. The molecule has 2 N–H and O–H groups in total. The minimum atomic E-state index is -3.96. The number of aryl methyl sites for hydroxylation is 1. The van der Waals surface area contributed by atoms with Crippen molar-refractivity contribution in [2.24, 2.45) is 0 Å². The van der Waals surface area contributed by atoms with Gasteiger partial charge in [0.25, 0.3) is 5.91 Å². The average Bonchev–Trinajstić information content (AvgIpc) is 3.05. The first-order valence-corrected chi connectivity index (χ1v) is 11.3. The molecular formula is C23H20N2O6S. The quantitative estimate of drug-likeness (QED) is 0.668. The maximum Gasteiger partial charge on any atom is 0.325 e. The highest BCUT2D eigenvalue weighted by Gasteiger charge is 2.47. The third-order valence-corrected chi connectivity index (χ3v) is 6.67. The maximum absolute atomic E-state index is 12.7. The van der Waals surface area contributed by atoms with Crippen molar-refractivity contribution in [2.45, 2.75) is 29.9 Å². The van der Waals surface area contributed by atoms with E-state index in [0.29, 0.717) is 5.56 Å². The van der Waals surface area contributed by atoms with Crippen LogP contribution >= 0.6 is 0 Å². The van der Waals surface area contributed by atoms with Crippen molar-refractivity contribution in [1.29, 1.82) is 0 Å². The van der Waals surface area contributed by atoms with E-state index < -0.39 is 39.3 Å². The molecule has 1 amide bonds. The number of ether oxygens (including phenoxy) is 1. The lowest BCUT2D eigenvalue weighted by Crippen LogP contribution is -2.38. The number of esters is 1. The lowest BCUT2D eigenvalue weighted by molar-refractivity contribution is -0.144. The fourth-order valence-electron chi connectivity index (χ4n) is 3.51. The zero-order valence-electron chi connectivity index (χ0n) is 17.1. The molecule has 4 rings (SSSR count). The number of amides is 1. The Morgan fingerprint density at radius 3 is 2.44 bits per heavy atom. The highest BCUT2D eigenvalue weighted by atomic mass is 32.2. The number of hydrogen-bond donors (Lipinski definition) is 2. The lowest BCUT2D eigenvalue weighted by atomic mass is 9.91. The summed E-state index contributed by atoms with van der Waals surface area (Å²) in [4.78, 5) is 37.2. The van der Waals surface area contributed by atoms with Crippen LogP contribution in [0.3, 0.4) is 0 Å². The number of carbonyl (C=O) groups is 3. The third kappa shape index (κ3) is 4.39. The second kappa shape index (κ2) is 8.18. The summed E-state index contributed by atoms with van der Waals surface area (Å²) in [5.74, 6) is -1.72. The van der Waals surface area contributed by atoms with E-state index in [4.69, 9.17) is 4.74 Å². The zero-order chi connectivity index (χ0) is 22.9. The summed E-state index contributed by atoms with van der Waals surface area (Å²) < 4.78 is 33.1. The van der Waals surface area contributed by atoms with E-state index in [1.165, 1.54) is 30.4 Å². The molecule has 0 radical (unpaired) electrons. The third-order valence-electron chi connectivity index (χ3n) is 5.18. The van der Waals surface area contributed by atoms with Crippen molar-refractivity contribution in [2.75, 3.05) is 0 Å². The molecule has 0 saturated carbocycles. The molecule has 1 saturated heterocycles. The van der Waals surface area contributed by atoms with Crippen molar-refractivity contribution in [3.8, 4) is 0 Å². The fraction of sp³-hybridized carbons (Fsp3) is 0.174. The molecule has 8 nitrogen and oxygen atoms in total. The van der Waals surface area contributed by atoms with Gasteiger partial charge in [0.15, 0.2) is 5.60 Å². The molecule has 0 aromatic heterocycles. The molecule has 1 aliphatic heterocycles. The van der Waals surface area contributed by atoms with Crippen LogP contribution in [0.25, 0.3) is 0 Å². The molecule has 9 heteroatoms. The normalized spacial score (nSPS) is 22.5. The Hall–Kier alpha value is -3.56. The van der Waals surface area contributed by atoms with Gasteiger partial charge in [0.1, 0.15) is 6.04 Å². The second-order valence-electron chi connectivity index (χ2n) is 7.64. The van der Waals surface area contributed by atoms with Crippen molar-refractivity contribution in [1.82, 2.24) is 10.0 Å². The summed E-state index contributed by atoms with van der Waals surface area (Å²) in [6.07, 6.45) is 3.87. The van der Waals surface area contributed by atoms with Crippen LogP contribution in [0.5, 0.6) is 0 Å². The standard InChI is InChI=1S/C23H20N2O6S/c1-15-7-9-17(10-8-15)32(29,30)25-19-14-23(31-22(19)28)12-11-20(26)18(13-23)24-21(27)16-5-3-2-4-6-16/h2-13,19,25H,14H2,1H3,(H,24,27)/t19-,23?/m1/s1. The molecule has 32 heavy (non-hydrogen) atoms. The zero-order valence-corrected chi connectivity index (χ0v) is 17.9. The van der Waals surface area contributed by atoms with Gasteiger partial charge < -0.3 is 10.1 Å². The van der Waals surface area contributed by atoms with Crippen LogP contribution in [0.4, 0.5) is 0 Å². The van der Waals surface area contributed by atoms with Crippen LogP contribution in [0.1, 0.15) is 22.3 Å². The van der Waals surface area contributed by atoms with E-state index in [0.717, 1.165) is 5.56 Å². The summed E-state index contributed by atoms with van der Waals surface area (Å²) in [6, 6.07) is 13.4. The van der Waals surface area contributed by atoms with Crippen LogP contribution in [0.15, 0.2) is 83.4 Å². The largest absolute Gasteiger partial charge is 0.449 e. The van der Waals surface area contributed by atoms with Gasteiger partial charge in [-0.3, -0.25) is 14.4 Å². The second-order valence-corrected chi connectivity index (χ2v) is 9.36. The van der Waals surface area contributed by atoms with Crippen LogP contribution in [-0.4, -0.2) is 37.7 Å². The molecule has 1 aliphatic carbocycles. The topological polar surface area (TPSA) is 119 Å². The highest BCUT2D eigenvalue weighted by molar-refractivity contribution is 7.89. The minimum Gasteiger partial charge on any atom is -0.449 e. The van der Waals surface area contributed by atoms with Crippen molar-refractivity contribution < 1.29 is 27.5 Å². The van der Waals surface area contributed by atoms with Gasteiger partial charge in [-0.1, -0.05) is 35.9 Å². The van der Waals surface area contributed by atoms with E-state index in [1.807, 2.05) is 6.92 Å². The Kier molecular flexibility index (Phi) is 5.53. The first-order chi connectivity index (χ1) is 15.2. The number of nitrogens with one attached hydrogen (secondary N) is 2. The summed E-state index contributed by atoms with van der Waals surface area (Å²) in [5.41, 5.74) is -0.131. The predicted octanol–water partition coefficient (Wildman–Crippen LogP) is 1.78. The fourth-order valence-corrected chi connectivity index (χ4v) is 4.69. The van der Waals surface area contributed by atoms with Crippen LogP contribution in [0, 0.1) is 6.92 Å². The van der Waals surface area contributed by atoms with E-state index in [1.54, 1.807) is 42.5 Å². The molecule has 2 aromatic carbocycles. The maximum atomic E-state index is 12.7. The Morgan fingerprint density at radius 1 is 1.06 bits per heavy atom. The molecule has 1 fully saturated rings. The van der Waals surface area contributed by atoms with Gasteiger partial charge >= 0.3 is 5.97 Å². The van der Waals surface area contributed by atoms with Gasteiger partial charge in [0.05, 0.1) is 10.6 Å². The van der Waals surface area contributed by atoms with Crippen molar-refractivity contribution in [3.05, 3.63) is 89.6 Å². The molecule has 1 unspecified atom stereocenters. The minimum absolute atomic E-state index is 0.0255. The van der Waals surface area contributed by atoms with Crippen LogP contribution in [0.2, 0.25) is 0 Å². The average molecular weight is 452 g/mol.